The van der Waals surface area contributed by atoms with E-state index in [1.54, 1.807) is 0 Å². The van der Waals surface area contributed by atoms with E-state index in [2.05, 4.69) is 41.2 Å². The molecule has 2 aliphatic carbocycles. The SMILES string of the molecule is C=C[C@@]1(C)CC[C@@H]2[C@]3(C)CCCC(C)(C)[C@@H]3CC[C@@]2(C)O1. The molecule has 2 saturated carbocycles. The van der Waals surface area contributed by atoms with Crippen molar-refractivity contribution in [1.29, 1.82) is 0 Å². The van der Waals surface area contributed by atoms with Gasteiger partial charge in [0.2, 0.25) is 0 Å². The lowest BCUT2D eigenvalue weighted by atomic mass is 9.44. The van der Waals surface area contributed by atoms with Crippen molar-refractivity contribution < 1.29 is 4.74 Å². The van der Waals surface area contributed by atoms with Crippen molar-refractivity contribution in [3.63, 3.8) is 0 Å². The maximum atomic E-state index is 6.68. The second-order valence-electron chi connectivity index (χ2n) is 9.46. The maximum absolute atomic E-state index is 6.68. The van der Waals surface area contributed by atoms with Gasteiger partial charge in [-0.2, -0.15) is 0 Å². The second-order valence-corrected chi connectivity index (χ2v) is 9.46. The van der Waals surface area contributed by atoms with E-state index in [1.165, 1.54) is 38.5 Å². The van der Waals surface area contributed by atoms with Crippen LogP contribution in [0.15, 0.2) is 12.7 Å². The molecule has 1 heterocycles. The Balaban J connectivity index is 1.94. The van der Waals surface area contributed by atoms with E-state index in [9.17, 15) is 0 Å². The van der Waals surface area contributed by atoms with Gasteiger partial charge in [0.1, 0.15) is 0 Å². The quantitative estimate of drug-likeness (QED) is 0.559. The van der Waals surface area contributed by atoms with Gasteiger partial charge in [-0.05, 0) is 75.0 Å². The van der Waals surface area contributed by atoms with Gasteiger partial charge in [0.05, 0.1) is 11.2 Å². The maximum Gasteiger partial charge on any atom is 0.0839 e. The van der Waals surface area contributed by atoms with Crippen LogP contribution in [-0.2, 0) is 4.74 Å². The summed E-state index contributed by atoms with van der Waals surface area (Å²) in [7, 11) is 0. The summed E-state index contributed by atoms with van der Waals surface area (Å²) in [5.74, 6) is 1.59. The van der Waals surface area contributed by atoms with E-state index < -0.39 is 0 Å². The van der Waals surface area contributed by atoms with Crippen LogP contribution in [0, 0.1) is 22.7 Å². The fraction of sp³-hybridized carbons (Fsp3) is 0.900. The van der Waals surface area contributed by atoms with Gasteiger partial charge in [-0.15, -0.1) is 6.58 Å². The third-order valence-corrected chi connectivity index (χ3v) is 7.57. The minimum atomic E-state index is -0.112. The molecule has 0 aromatic rings. The molecule has 0 N–H and O–H groups in total. The van der Waals surface area contributed by atoms with Crippen LogP contribution in [0.2, 0.25) is 0 Å². The molecule has 3 rings (SSSR count). The lowest BCUT2D eigenvalue weighted by Crippen LogP contribution is -2.62. The summed E-state index contributed by atoms with van der Waals surface area (Å²) >= 11 is 0. The van der Waals surface area contributed by atoms with Crippen LogP contribution in [0.5, 0.6) is 0 Å². The van der Waals surface area contributed by atoms with Gasteiger partial charge in [0, 0.05) is 0 Å². The molecule has 0 radical (unpaired) electrons. The van der Waals surface area contributed by atoms with Crippen molar-refractivity contribution in [2.24, 2.45) is 22.7 Å². The molecule has 1 aliphatic heterocycles. The Morgan fingerprint density at radius 2 is 1.57 bits per heavy atom. The first kappa shape index (κ1) is 15.6. The molecule has 0 spiro atoms. The lowest BCUT2D eigenvalue weighted by molar-refractivity contribution is -0.252. The molecule has 0 amide bonds. The molecule has 21 heavy (non-hydrogen) atoms. The highest BCUT2D eigenvalue weighted by Crippen LogP contribution is 2.65. The summed E-state index contributed by atoms with van der Waals surface area (Å²) in [5.41, 5.74) is 0.920. The average Bonchev–Trinajstić information content (AvgIpc) is 2.36. The summed E-state index contributed by atoms with van der Waals surface area (Å²) in [5, 5.41) is 0. The molecule has 5 atom stereocenters. The minimum absolute atomic E-state index is 0.0554. The largest absolute Gasteiger partial charge is 0.365 e. The lowest BCUT2D eigenvalue weighted by Gasteiger charge is -2.65. The molecule has 3 aliphatic rings. The number of rotatable bonds is 1. The summed E-state index contributed by atoms with van der Waals surface area (Å²) in [6.07, 6.45) is 11.2. The number of ether oxygens (including phenoxy) is 1. The van der Waals surface area contributed by atoms with E-state index in [4.69, 9.17) is 4.74 Å². The van der Waals surface area contributed by atoms with Crippen LogP contribution < -0.4 is 0 Å². The van der Waals surface area contributed by atoms with Crippen LogP contribution in [0.25, 0.3) is 0 Å². The fourth-order valence-corrected chi connectivity index (χ4v) is 6.52. The van der Waals surface area contributed by atoms with Crippen LogP contribution in [0.4, 0.5) is 0 Å². The van der Waals surface area contributed by atoms with Gasteiger partial charge in [0.15, 0.2) is 0 Å². The van der Waals surface area contributed by atoms with Crippen LogP contribution in [-0.4, -0.2) is 11.2 Å². The Morgan fingerprint density at radius 3 is 2.24 bits per heavy atom. The third-order valence-electron chi connectivity index (χ3n) is 7.57. The van der Waals surface area contributed by atoms with Crippen molar-refractivity contribution in [3.8, 4) is 0 Å². The number of hydrogen-bond donors (Lipinski definition) is 0. The third kappa shape index (κ3) is 2.22. The zero-order valence-electron chi connectivity index (χ0n) is 14.8. The predicted molar refractivity (Wildman–Crippen MR) is 89.3 cm³/mol. The molecule has 1 saturated heterocycles. The monoisotopic (exact) mass is 290 g/mol. The van der Waals surface area contributed by atoms with Crippen molar-refractivity contribution in [2.75, 3.05) is 0 Å². The molecular weight excluding hydrogens is 256 g/mol. The summed E-state index contributed by atoms with van der Waals surface area (Å²) in [4.78, 5) is 0. The fourth-order valence-electron chi connectivity index (χ4n) is 6.52. The first-order valence-electron chi connectivity index (χ1n) is 8.99. The molecule has 0 bridgehead atoms. The average molecular weight is 290 g/mol. The summed E-state index contributed by atoms with van der Waals surface area (Å²) in [6.45, 7) is 16.2. The Kier molecular flexibility index (Phi) is 3.41. The highest BCUT2D eigenvalue weighted by Gasteiger charge is 2.61. The van der Waals surface area contributed by atoms with E-state index >= 15 is 0 Å². The molecule has 1 heteroatoms. The van der Waals surface area contributed by atoms with E-state index in [1.807, 2.05) is 6.08 Å². The van der Waals surface area contributed by atoms with Crippen LogP contribution in [0.3, 0.4) is 0 Å². The Morgan fingerprint density at radius 1 is 0.905 bits per heavy atom. The van der Waals surface area contributed by atoms with Gasteiger partial charge in [-0.25, -0.2) is 0 Å². The molecular formula is C20H34O. The van der Waals surface area contributed by atoms with Gasteiger partial charge >= 0.3 is 0 Å². The first-order chi connectivity index (χ1) is 9.65. The Hall–Kier alpha value is -0.300. The molecule has 0 aromatic heterocycles. The molecule has 3 fully saturated rings. The number of fused-ring (bicyclic) bond motifs is 3. The van der Waals surface area contributed by atoms with Crippen LogP contribution >= 0.6 is 0 Å². The van der Waals surface area contributed by atoms with Gasteiger partial charge in [0.25, 0.3) is 0 Å². The van der Waals surface area contributed by atoms with Gasteiger partial charge in [-0.3, -0.25) is 0 Å². The highest BCUT2D eigenvalue weighted by molar-refractivity contribution is 5.12. The molecule has 1 nitrogen and oxygen atoms in total. The van der Waals surface area contributed by atoms with E-state index in [0.29, 0.717) is 10.8 Å². The van der Waals surface area contributed by atoms with Crippen molar-refractivity contribution in [2.45, 2.75) is 90.8 Å². The molecule has 120 valence electrons. The van der Waals surface area contributed by atoms with E-state index in [-0.39, 0.29) is 11.2 Å². The normalized spacial score (nSPS) is 52.6. The zero-order valence-corrected chi connectivity index (χ0v) is 14.8. The summed E-state index contributed by atoms with van der Waals surface area (Å²) in [6, 6.07) is 0. The van der Waals surface area contributed by atoms with Crippen molar-refractivity contribution in [1.82, 2.24) is 0 Å². The summed E-state index contributed by atoms with van der Waals surface area (Å²) < 4.78 is 6.68. The number of hydrogen-bond acceptors (Lipinski definition) is 1. The van der Waals surface area contributed by atoms with Crippen molar-refractivity contribution >= 4 is 0 Å². The Labute approximate surface area is 131 Å². The van der Waals surface area contributed by atoms with Gasteiger partial charge in [-0.1, -0.05) is 33.3 Å². The van der Waals surface area contributed by atoms with Crippen molar-refractivity contribution in [3.05, 3.63) is 12.7 Å². The van der Waals surface area contributed by atoms with Gasteiger partial charge < -0.3 is 4.74 Å². The Bertz CT molecular complexity index is 439. The second kappa shape index (κ2) is 4.60. The zero-order chi connectivity index (χ0) is 15.5. The standard InChI is InChI=1S/C20H34O/c1-7-18(4)13-9-16-19(5)12-8-11-17(2,3)15(19)10-14-20(16,6)21-18/h7,15-16H,1,8-14H2,2-6H3/t15-,16+,18-,19+,20+/m0/s1. The molecule has 0 unspecified atom stereocenters. The smallest absolute Gasteiger partial charge is 0.0839 e. The topological polar surface area (TPSA) is 9.23 Å². The molecule has 0 aromatic carbocycles. The van der Waals surface area contributed by atoms with E-state index in [0.717, 1.165) is 18.3 Å². The highest BCUT2D eigenvalue weighted by atomic mass is 16.5. The minimum Gasteiger partial charge on any atom is -0.365 e. The van der Waals surface area contributed by atoms with Crippen LogP contribution in [0.1, 0.15) is 79.6 Å². The predicted octanol–water partition coefficient (Wildman–Crippen LogP) is 5.74. The first-order valence-corrected chi connectivity index (χ1v) is 8.99.